The zero-order chi connectivity index (χ0) is 21.8. The lowest BCUT2D eigenvalue weighted by molar-refractivity contribution is -0.757. The summed E-state index contributed by atoms with van der Waals surface area (Å²) in [6, 6.07) is 2.41. The van der Waals surface area contributed by atoms with Crippen LogP contribution in [-0.4, -0.2) is 42.7 Å². The predicted octanol–water partition coefficient (Wildman–Crippen LogP) is 3.34. The second-order valence-corrected chi connectivity index (χ2v) is 6.16. The molecule has 1 atom stereocenters. The summed E-state index contributed by atoms with van der Waals surface area (Å²) in [5.74, 6) is -2.82. The Labute approximate surface area is 170 Å². The Morgan fingerprint density at radius 3 is 2.55 bits per heavy atom. The number of carbonyl (C=O) groups is 2. The van der Waals surface area contributed by atoms with Crippen LogP contribution in [0.3, 0.4) is 0 Å². The van der Waals surface area contributed by atoms with Gasteiger partial charge in [-0.3, -0.25) is 4.79 Å². The van der Waals surface area contributed by atoms with Crippen molar-refractivity contribution in [3.05, 3.63) is 43.4 Å². The van der Waals surface area contributed by atoms with E-state index < -0.39 is 54.7 Å². The predicted molar refractivity (Wildman–Crippen MR) is 89.5 cm³/mol. The highest BCUT2D eigenvalue weighted by Gasteiger charge is 2.49. The molecule has 0 saturated carbocycles. The molecule has 0 amide bonds. The highest BCUT2D eigenvalue weighted by molar-refractivity contribution is 6.36. The first-order valence-electron chi connectivity index (χ1n) is 7.53. The molecule has 29 heavy (non-hydrogen) atoms. The minimum Gasteiger partial charge on any atom is -0.474 e. The van der Waals surface area contributed by atoms with E-state index in [2.05, 4.69) is 14.3 Å². The molecule has 158 valence electrons. The van der Waals surface area contributed by atoms with Gasteiger partial charge in [0.25, 0.3) is 5.09 Å². The lowest BCUT2D eigenvalue weighted by atomic mass is 10.0. The van der Waals surface area contributed by atoms with Crippen LogP contribution in [0.4, 0.5) is 13.2 Å². The minimum atomic E-state index is -4.98. The Balaban J connectivity index is 2.08. The van der Waals surface area contributed by atoms with Crippen LogP contribution in [0, 0.1) is 10.1 Å². The van der Waals surface area contributed by atoms with Crippen LogP contribution in [0.5, 0.6) is 5.75 Å². The Hall–Kier alpha value is -2.73. The maximum Gasteiger partial charge on any atom is 0.430 e. The van der Waals surface area contributed by atoms with Crippen LogP contribution in [0.15, 0.2) is 17.7 Å². The van der Waals surface area contributed by atoms with E-state index in [4.69, 9.17) is 27.9 Å². The van der Waals surface area contributed by atoms with E-state index >= 15 is 0 Å². The summed E-state index contributed by atoms with van der Waals surface area (Å²) >= 11 is 11.6. The van der Waals surface area contributed by atoms with E-state index in [1.807, 2.05) is 0 Å². The normalized spacial score (nSPS) is 15.5. The minimum absolute atomic E-state index is 0.0175. The number of esters is 2. The van der Waals surface area contributed by atoms with Crippen LogP contribution < -0.4 is 4.74 Å². The second-order valence-electron chi connectivity index (χ2n) is 5.32. The van der Waals surface area contributed by atoms with Crippen molar-refractivity contribution >= 4 is 41.2 Å². The van der Waals surface area contributed by atoms with E-state index in [-0.39, 0.29) is 21.4 Å². The molecule has 0 radical (unpaired) electrons. The van der Waals surface area contributed by atoms with E-state index in [1.165, 1.54) is 12.1 Å². The highest BCUT2D eigenvalue weighted by atomic mass is 35.5. The molecule has 0 spiro atoms. The van der Waals surface area contributed by atoms with Crippen molar-refractivity contribution in [2.24, 2.45) is 0 Å². The zero-order valence-electron chi connectivity index (χ0n) is 14.0. The molecule has 1 aromatic carbocycles. The number of fused-ring (bicyclic) bond motifs is 1. The molecular weight excluding hydrogens is 450 g/mol. The number of carbonyl (C=O) groups excluding carboxylic acids is 2. The number of benzene rings is 1. The first-order chi connectivity index (χ1) is 13.5. The number of hydrogen-bond donors (Lipinski definition) is 0. The van der Waals surface area contributed by atoms with Crippen molar-refractivity contribution in [1.82, 2.24) is 0 Å². The van der Waals surface area contributed by atoms with Crippen LogP contribution in [0.25, 0.3) is 6.08 Å². The molecular formula is C15H10Cl2F3NO8. The number of hydrogen-bond acceptors (Lipinski definition) is 8. The fourth-order valence-corrected chi connectivity index (χ4v) is 2.71. The molecule has 14 heteroatoms. The largest absolute Gasteiger partial charge is 0.474 e. The van der Waals surface area contributed by atoms with Gasteiger partial charge >= 0.3 is 18.1 Å². The number of nitrogens with zero attached hydrogens (tertiary/aromatic N) is 1. The van der Waals surface area contributed by atoms with Gasteiger partial charge in [-0.25, -0.2) is 4.79 Å². The average molecular weight is 460 g/mol. The van der Waals surface area contributed by atoms with Crippen LogP contribution in [0.1, 0.15) is 12.0 Å². The van der Waals surface area contributed by atoms with Crippen LogP contribution in [-0.2, 0) is 23.9 Å². The zero-order valence-corrected chi connectivity index (χ0v) is 15.5. The first kappa shape index (κ1) is 22.6. The summed E-state index contributed by atoms with van der Waals surface area (Å²) in [7, 11) is 0. The summed E-state index contributed by atoms with van der Waals surface area (Å²) in [4.78, 5) is 37.2. The van der Waals surface area contributed by atoms with Crippen molar-refractivity contribution in [3.8, 4) is 5.75 Å². The molecule has 0 N–H and O–H groups in total. The standard InChI is InChI=1S/C15H10Cl2F3NO8/c16-8-3-7-4-9(13(15(18,19)20)29-12(7)10(17)5-8)14(23)27-6-26-11(22)1-2-28-21(24)25/h3-5,13H,1-2,6H2/t13-/m0/s1. The SMILES string of the molecule is O=C(CCO[N+](=O)[O-])OCOC(=O)C1=Cc2cc(Cl)cc(Cl)c2O[C@@H]1C(F)(F)F. The molecule has 1 aliphatic rings. The Bertz CT molecular complexity index is 859. The van der Waals surface area contributed by atoms with E-state index in [0.29, 0.717) is 0 Å². The van der Waals surface area contributed by atoms with Crippen molar-refractivity contribution in [2.75, 3.05) is 13.4 Å². The Morgan fingerprint density at radius 1 is 1.24 bits per heavy atom. The summed E-state index contributed by atoms with van der Waals surface area (Å²) < 4.78 is 53.7. The lowest BCUT2D eigenvalue weighted by Crippen LogP contribution is -2.41. The van der Waals surface area contributed by atoms with Gasteiger partial charge in [-0.05, 0) is 18.2 Å². The Morgan fingerprint density at radius 2 is 1.93 bits per heavy atom. The average Bonchev–Trinajstić information content (AvgIpc) is 2.59. The van der Waals surface area contributed by atoms with E-state index in [9.17, 15) is 32.9 Å². The molecule has 1 aliphatic heterocycles. The first-order valence-corrected chi connectivity index (χ1v) is 8.28. The van der Waals surface area contributed by atoms with Crippen molar-refractivity contribution in [1.29, 1.82) is 0 Å². The van der Waals surface area contributed by atoms with Gasteiger partial charge in [-0.1, -0.05) is 23.2 Å². The molecule has 0 bridgehead atoms. The molecule has 0 aromatic heterocycles. The lowest BCUT2D eigenvalue weighted by Gasteiger charge is -2.28. The third-order valence-electron chi connectivity index (χ3n) is 3.31. The maximum atomic E-state index is 13.3. The number of rotatable bonds is 7. The summed E-state index contributed by atoms with van der Waals surface area (Å²) in [5.41, 5.74) is -0.903. The van der Waals surface area contributed by atoms with Crippen LogP contribution >= 0.6 is 23.2 Å². The monoisotopic (exact) mass is 459 g/mol. The second kappa shape index (κ2) is 9.18. The summed E-state index contributed by atoms with van der Waals surface area (Å²) in [6.45, 7) is -1.63. The summed E-state index contributed by atoms with van der Waals surface area (Å²) in [5, 5.41) is 8.72. The van der Waals surface area contributed by atoms with Gasteiger partial charge in [0.2, 0.25) is 12.9 Å². The smallest absolute Gasteiger partial charge is 0.430 e. The van der Waals surface area contributed by atoms with Gasteiger partial charge in [0.1, 0.15) is 12.4 Å². The number of halogens is 5. The van der Waals surface area contributed by atoms with Gasteiger partial charge in [0.15, 0.2) is 0 Å². The molecule has 0 aliphatic carbocycles. The molecule has 0 unspecified atom stereocenters. The van der Waals surface area contributed by atoms with Gasteiger partial charge in [-0.15, -0.1) is 10.1 Å². The quantitative estimate of drug-likeness (QED) is 0.264. The van der Waals surface area contributed by atoms with Crippen molar-refractivity contribution in [2.45, 2.75) is 18.7 Å². The fourth-order valence-electron chi connectivity index (χ4n) is 2.15. The van der Waals surface area contributed by atoms with Gasteiger partial charge < -0.3 is 19.0 Å². The topological polar surface area (TPSA) is 114 Å². The molecule has 0 fully saturated rings. The summed E-state index contributed by atoms with van der Waals surface area (Å²) in [6.07, 6.45) is -7.35. The van der Waals surface area contributed by atoms with Crippen molar-refractivity contribution in [3.63, 3.8) is 0 Å². The molecule has 0 saturated heterocycles. The molecule has 1 aromatic rings. The number of alkyl halides is 3. The number of ether oxygens (including phenoxy) is 3. The van der Waals surface area contributed by atoms with Gasteiger partial charge in [0.05, 0.1) is 17.0 Å². The van der Waals surface area contributed by atoms with Crippen LogP contribution in [0.2, 0.25) is 10.0 Å². The Kier molecular flexibility index (Phi) is 7.14. The molecule has 2 rings (SSSR count). The third-order valence-corrected chi connectivity index (χ3v) is 3.81. The van der Waals surface area contributed by atoms with Gasteiger partial charge in [-0.2, -0.15) is 13.2 Å². The fraction of sp³-hybridized carbons (Fsp3) is 0.333. The van der Waals surface area contributed by atoms with Crippen molar-refractivity contribution < 1.29 is 46.9 Å². The maximum absolute atomic E-state index is 13.3. The molecule has 1 heterocycles. The van der Waals surface area contributed by atoms with E-state index in [1.54, 1.807) is 0 Å². The molecule has 9 nitrogen and oxygen atoms in total. The van der Waals surface area contributed by atoms with Gasteiger partial charge in [0, 0.05) is 10.6 Å². The van der Waals surface area contributed by atoms with E-state index in [0.717, 1.165) is 6.08 Å². The third kappa shape index (κ3) is 6.12. The highest BCUT2D eigenvalue weighted by Crippen LogP contribution is 2.42.